The highest BCUT2D eigenvalue weighted by Crippen LogP contribution is 2.71. The van der Waals surface area contributed by atoms with Crippen LogP contribution in [0.15, 0.2) is 33.0 Å². The average molecular weight is 1350 g/mol. The van der Waals surface area contributed by atoms with Gasteiger partial charge in [0.15, 0.2) is 12.6 Å². The number of aliphatic hydroxyl groups excluding tert-OH is 3. The molecule has 0 spiro atoms. The van der Waals surface area contributed by atoms with Gasteiger partial charge in [-0.05, 0) is 38.5 Å². The van der Waals surface area contributed by atoms with Gasteiger partial charge in [0.05, 0.1) is 37.9 Å². The number of aliphatic hydroxyl groups is 4. The highest BCUT2D eigenvalue weighted by Gasteiger charge is 2.55. The average Bonchev–Trinajstić information content (AvgIpc) is 1.78. The summed E-state index contributed by atoms with van der Waals surface area (Å²) in [7, 11) is -23.1. The molecule has 5 amide bonds. The fourth-order valence-corrected chi connectivity index (χ4v) is 16.3. The van der Waals surface area contributed by atoms with Gasteiger partial charge in [-0.15, -0.1) is 0 Å². The predicted molar refractivity (Wildman–Crippen MR) is 303 cm³/mol. The molecule has 7 rings (SSSR count). The van der Waals surface area contributed by atoms with Crippen LogP contribution in [0.3, 0.4) is 0 Å². The van der Waals surface area contributed by atoms with Gasteiger partial charge >= 0.3 is 48.7 Å². The van der Waals surface area contributed by atoms with E-state index in [-0.39, 0.29) is 71.5 Å². The van der Waals surface area contributed by atoms with Crippen molar-refractivity contribution in [2.24, 2.45) is 7.05 Å². The molecule has 4 aliphatic rings. The SMILES string of the molecule is Cn1c[n+](C2(O)CO[C@H](COP(=O)(O)OP(=O)(O)OP(=O)(O)OP(=O)(O)OC[C@H]3O[C@@H](n4cc(C=CCNC(=O)CCCCCNC(=O)CCCCCNC(=O)CCCC[C@H]5SC[C@H]6NC(=O)N[C@H]65)c(=O)[nH]c4=O)C(O)[C@H]3O)C2O)c2nc(N)[nH]c(=O)c21. The molecular formula is C45H71N12O26P4S+. The second-order valence-electron chi connectivity index (χ2n) is 20.8. The van der Waals surface area contributed by atoms with E-state index in [1.165, 1.54) is 23.8 Å². The molecule has 88 heavy (non-hydrogen) atoms. The molecule has 492 valence electrons. The van der Waals surface area contributed by atoms with Crippen molar-refractivity contribution < 1.29 is 113 Å². The zero-order valence-electron chi connectivity index (χ0n) is 46.9. The van der Waals surface area contributed by atoms with Crippen LogP contribution in [0.2, 0.25) is 0 Å². The third-order valence-electron chi connectivity index (χ3n) is 14.1. The fourth-order valence-electron chi connectivity index (χ4n) is 9.82. The van der Waals surface area contributed by atoms with Gasteiger partial charge in [0.1, 0.15) is 37.1 Å². The van der Waals surface area contributed by atoms with E-state index in [1.807, 2.05) is 16.7 Å². The van der Waals surface area contributed by atoms with E-state index >= 15 is 0 Å². The van der Waals surface area contributed by atoms with Crippen LogP contribution in [0, 0.1) is 0 Å². The maximum Gasteiger partial charge on any atom is 0.490 e. The number of thioether (sulfide) groups is 1. The standard InChI is InChI=1S/C45H70N12O26P4S/c1-55-24-57(38-34(55)40(65)53-42(46)52-38)45(68)23-77-28(37(45)63)21-79-85(71,72)82-87(75,76)83-86(73,74)81-84(69,70)78-20-27-35(61)36(62)41(80-27)56-19-25(39(64)54-44(56)67)11-10-18-49-31(59)14-5-3-8-16-47-30(58)13-4-2-9-17-48-32(60)15-7-6-12-29-33-26(22-88-29)50-43(66)51-33/h10-11,19,24,26-29,33,35-37,41,61-63,68H,2-9,12-18,20-23H2,1H3,(H12-,46,47,48,49,50,51,52,53,54,58,59,60,64,65,66,67,69,70,71,72,73,74,75,76)/p+1/t26-,27-,28-,29-,33-,35+,36?,37?,41-,45?/m1/s1. The molecule has 0 radical (unpaired) electrons. The van der Waals surface area contributed by atoms with E-state index in [0.29, 0.717) is 61.4 Å². The molecule has 14 atom stereocenters. The summed E-state index contributed by atoms with van der Waals surface area (Å²) in [6.45, 7) is -2.36. The van der Waals surface area contributed by atoms with Crippen LogP contribution in [0.5, 0.6) is 0 Å². The van der Waals surface area contributed by atoms with Crippen molar-refractivity contribution in [2.75, 3.05) is 50.9 Å². The quantitative estimate of drug-likeness (QED) is 0.0126. The van der Waals surface area contributed by atoms with E-state index in [0.717, 1.165) is 54.9 Å². The number of carbonyl (C=O) groups is 4. The summed E-state index contributed by atoms with van der Waals surface area (Å²) in [5.41, 5.74) is -0.160. The number of ether oxygens (including phenoxy) is 2. The lowest BCUT2D eigenvalue weighted by atomic mass is 10.0. The molecule has 4 saturated heterocycles. The predicted octanol–water partition coefficient (Wildman–Crippen LogP) is -2.60. The van der Waals surface area contributed by atoms with Gasteiger partial charge in [-0.2, -0.15) is 29.3 Å². The first-order valence-electron chi connectivity index (χ1n) is 27.4. The number of rotatable bonds is 34. The van der Waals surface area contributed by atoms with Gasteiger partial charge in [0, 0.05) is 56.1 Å². The maximum absolute atomic E-state index is 12.8. The number of imidazole rings is 1. The van der Waals surface area contributed by atoms with E-state index in [4.69, 9.17) is 15.2 Å². The Labute approximate surface area is 502 Å². The van der Waals surface area contributed by atoms with Crippen molar-refractivity contribution in [1.82, 2.24) is 50.7 Å². The third-order valence-corrected chi connectivity index (χ3v) is 21.6. The van der Waals surface area contributed by atoms with Crippen molar-refractivity contribution in [3.63, 3.8) is 0 Å². The monoisotopic (exact) mass is 1350 g/mol. The number of carbonyl (C=O) groups excluding carboxylic acids is 4. The van der Waals surface area contributed by atoms with Crippen molar-refractivity contribution in [1.29, 1.82) is 0 Å². The number of hydrogen-bond donors (Lipinski definition) is 16. The number of fused-ring (bicyclic) bond motifs is 2. The van der Waals surface area contributed by atoms with Gasteiger partial charge in [-0.1, -0.05) is 36.4 Å². The Bertz CT molecular complexity index is 3430. The molecule has 38 nitrogen and oxygen atoms in total. The second kappa shape index (κ2) is 30.4. The molecule has 0 bridgehead atoms. The molecular weight excluding hydrogens is 1280 g/mol. The van der Waals surface area contributed by atoms with Crippen molar-refractivity contribution in [3.05, 3.63) is 55.4 Å². The second-order valence-corrected chi connectivity index (χ2v) is 28.3. The van der Waals surface area contributed by atoms with Crippen molar-refractivity contribution in [3.8, 4) is 0 Å². The molecule has 7 heterocycles. The molecule has 0 saturated carbocycles. The van der Waals surface area contributed by atoms with Crippen LogP contribution in [-0.2, 0) is 76.9 Å². The number of aromatic nitrogens is 6. The molecule has 3 aromatic heterocycles. The number of urea groups is 1. The topological polar surface area (TPSA) is 559 Å². The number of H-pyrrole nitrogens is 2. The first-order chi connectivity index (χ1) is 41.4. The smallest absolute Gasteiger partial charge is 0.387 e. The lowest BCUT2D eigenvalue weighted by molar-refractivity contribution is -0.793. The van der Waals surface area contributed by atoms with Crippen LogP contribution >= 0.6 is 43.1 Å². The number of hydrogen-bond acceptors (Lipinski definition) is 25. The molecule has 7 unspecified atom stereocenters. The van der Waals surface area contributed by atoms with Crippen LogP contribution in [0.1, 0.15) is 88.8 Å². The number of nitrogen functional groups attached to an aromatic ring is 1. The van der Waals surface area contributed by atoms with E-state index in [1.54, 1.807) is 0 Å². The number of amides is 5. The lowest BCUT2D eigenvalue weighted by Gasteiger charge is -2.24. The summed E-state index contributed by atoms with van der Waals surface area (Å²) in [6, 6.07) is 0.227. The number of aryl methyl sites for hydroxylation is 1. The number of nitrogens with one attached hydrogen (secondary N) is 7. The zero-order chi connectivity index (χ0) is 64.4. The van der Waals surface area contributed by atoms with Crippen LogP contribution < -0.4 is 53.7 Å². The molecule has 4 fully saturated rings. The summed E-state index contributed by atoms with van der Waals surface area (Å²) in [5.74, 6) is 0.121. The van der Waals surface area contributed by atoms with Gasteiger partial charge in [0.2, 0.25) is 29.0 Å². The molecule has 4 aliphatic heterocycles. The first-order valence-corrected chi connectivity index (χ1v) is 34.4. The highest BCUT2D eigenvalue weighted by atomic mass is 32.2. The van der Waals surface area contributed by atoms with Gasteiger partial charge in [0.25, 0.3) is 17.1 Å². The number of phosphoric ester groups is 2. The number of nitrogens with zero attached hydrogens (tertiary/aromatic N) is 4. The van der Waals surface area contributed by atoms with Gasteiger partial charge < -0.3 is 81.8 Å². The Balaban J connectivity index is 0.749. The summed E-state index contributed by atoms with van der Waals surface area (Å²) < 4.78 is 84.7. The Hall–Kier alpha value is -5.08. The summed E-state index contributed by atoms with van der Waals surface area (Å²) >= 11 is 1.85. The van der Waals surface area contributed by atoms with Gasteiger partial charge in [-0.3, -0.25) is 52.1 Å². The number of phosphoric acid groups is 4. The number of anilines is 1. The minimum absolute atomic E-state index is 0.000500. The zero-order valence-corrected chi connectivity index (χ0v) is 51.3. The third kappa shape index (κ3) is 19.2. The van der Waals surface area contributed by atoms with Crippen molar-refractivity contribution >= 4 is 90.0 Å². The Kier molecular flexibility index (Phi) is 24.3. The molecule has 17 N–H and O–H groups in total. The largest absolute Gasteiger partial charge is 0.490 e. The summed E-state index contributed by atoms with van der Waals surface area (Å²) in [5, 5.41) is 58.3. The minimum atomic E-state index is -6.35. The molecule has 0 aromatic carbocycles. The molecule has 3 aromatic rings. The Morgan fingerprint density at radius 2 is 1.38 bits per heavy atom. The van der Waals surface area contributed by atoms with Crippen LogP contribution in [0.4, 0.5) is 10.7 Å². The maximum atomic E-state index is 12.8. The van der Waals surface area contributed by atoms with E-state index < -0.39 is 110 Å². The first kappa shape index (κ1) is 70.4. The normalized spacial score (nSPS) is 27.1. The summed E-state index contributed by atoms with van der Waals surface area (Å²) in [4.78, 5) is 135. The number of unbranched alkanes of at least 4 members (excludes halogenated alkanes) is 5. The number of aromatic amines is 2. The van der Waals surface area contributed by atoms with Crippen LogP contribution in [-0.4, -0.2) is 181 Å². The molecule has 0 aliphatic carbocycles. The lowest BCUT2D eigenvalue weighted by Crippen LogP contribution is -2.63. The fraction of sp³-hybridized carbons (Fsp3) is 0.667. The summed E-state index contributed by atoms with van der Waals surface area (Å²) in [6.07, 6.45) is 0.680. The van der Waals surface area contributed by atoms with Crippen LogP contribution in [0.25, 0.3) is 17.2 Å². The van der Waals surface area contributed by atoms with E-state index in [9.17, 15) is 91.8 Å². The van der Waals surface area contributed by atoms with Crippen molar-refractivity contribution in [2.45, 2.75) is 137 Å². The highest BCUT2D eigenvalue weighted by molar-refractivity contribution is 8.00. The molecule has 43 heteroatoms. The minimum Gasteiger partial charge on any atom is -0.387 e. The number of nitrogens with two attached hydrogens (primary N) is 1. The van der Waals surface area contributed by atoms with Gasteiger partial charge in [-0.25, -0.2) is 27.8 Å². The van der Waals surface area contributed by atoms with E-state index in [2.05, 4.69) is 58.5 Å². The Morgan fingerprint density at radius 1 is 0.795 bits per heavy atom. The Morgan fingerprint density at radius 3 is 2.00 bits per heavy atom.